The number of hydrogen-bond acceptors (Lipinski definition) is 3. The Balaban J connectivity index is 1.67. The Morgan fingerprint density at radius 2 is 2.00 bits per heavy atom. The molecule has 5 nitrogen and oxygen atoms in total. The topological polar surface area (TPSA) is 67.2 Å². The van der Waals surface area contributed by atoms with Gasteiger partial charge in [-0.15, -0.1) is 0 Å². The molecule has 0 bridgehead atoms. The Labute approximate surface area is 136 Å². The molecule has 2 N–H and O–H groups in total. The molecule has 2 unspecified atom stereocenters. The van der Waals surface area contributed by atoms with E-state index < -0.39 is 0 Å². The summed E-state index contributed by atoms with van der Waals surface area (Å²) in [6.07, 6.45) is 10.8. The molecule has 0 aliphatic heterocycles. The molecule has 0 spiro atoms. The van der Waals surface area contributed by atoms with Crippen LogP contribution in [0.2, 0.25) is 0 Å². The highest BCUT2D eigenvalue weighted by molar-refractivity contribution is 5.94. The summed E-state index contributed by atoms with van der Waals surface area (Å²) in [5.41, 5.74) is 0.557. The summed E-state index contributed by atoms with van der Waals surface area (Å²) in [5, 5.41) is 12.6. The highest BCUT2D eigenvalue weighted by Gasteiger charge is 2.25. The molecule has 122 valence electrons. The van der Waals surface area contributed by atoms with Crippen molar-refractivity contribution in [2.45, 2.75) is 38.1 Å². The van der Waals surface area contributed by atoms with E-state index in [4.69, 9.17) is 0 Å². The van der Waals surface area contributed by atoms with Crippen molar-refractivity contribution in [2.75, 3.05) is 6.61 Å². The molecule has 5 heteroatoms. The Bertz CT molecular complexity index is 622. The van der Waals surface area contributed by atoms with Crippen LogP contribution in [-0.2, 0) is 0 Å². The number of nitrogens with zero attached hydrogens (tertiary/aromatic N) is 2. The Hall–Kier alpha value is -2.14. The summed E-state index contributed by atoms with van der Waals surface area (Å²) in [4.78, 5) is 16.8. The first kappa shape index (κ1) is 15.7. The summed E-state index contributed by atoms with van der Waals surface area (Å²) in [6, 6.07) is 7.56. The zero-order valence-corrected chi connectivity index (χ0v) is 13.2. The quantitative estimate of drug-likeness (QED) is 0.852. The average Bonchev–Trinajstić information content (AvgIpc) is 3.03. The largest absolute Gasteiger partial charge is 0.396 e. The minimum absolute atomic E-state index is 0.0547. The van der Waals surface area contributed by atoms with Crippen molar-refractivity contribution in [3.63, 3.8) is 0 Å². The zero-order valence-electron chi connectivity index (χ0n) is 13.2. The van der Waals surface area contributed by atoms with Gasteiger partial charge in [0.25, 0.3) is 5.91 Å². The number of aromatic nitrogens is 2. The van der Waals surface area contributed by atoms with Crippen LogP contribution in [0.4, 0.5) is 0 Å². The molecule has 1 fully saturated rings. The van der Waals surface area contributed by atoms with Gasteiger partial charge in [0.2, 0.25) is 0 Å². The van der Waals surface area contributed by atoms with Gasteiger partial charge in [-0.25, -0.2) is 4.98 Å². The lowest BCUT2D eigenvalue weighted by molar-refractivity contribution is 0.0899. The van der Waals surface area contributed by atoms with Crippen LogP contribution < -0.4 is 5.32 Å². The van der Waals surface area contributed by atoms with Gasteiger partial charge in [-0.2, -0.15) is 0 Å². The molecule has 1 amide bonds. The second kappa shape index (κ2) is 7.42. The number of nitrogens with one attached hydrogen (secondary N) is 1. The minimum Gasteiger partial charge on any atom is -0.396 e. The van der Waals surface area contributed by atoms with E-state index in [1.165, 1.54) is 6.42 Å². The molecule has 0 aromatic carbocycles. The second-order valence-corrected chi connectivity index (χ2v) is 6.16. The van der Waals surface area contributed by atoms with Gasteiger partial charge in [-0.1, -0.05) is 19.3 Å². The van der Waals surface area contributed by atoms with Gasteiger partial charge in [0.05, 0.1) is 5.56 Å². The van der Waals surface area contributed by atoms with Gasteiger partial charge >= 0.3 is 0 Å². The van der Waals surface area contributed by atoms with E-state index in [1.807, 2.05) is 35.2 Å². The third-order valence-corrected chi connectivity index (χ3v) is 4.59. The van der Waals surface area contributed by atoms with Crippen molar-refractivity contribution in [2.24, 2.45) is 5.92 Å². The number of amides is 1. The van der Waals surface area contributed by atoms with E-state index >= 15 is 0 Å². The minimum atomic E-state index is -0.109. The van der Waals surface area contributed by atoms with E-state index in [1.54, 1.807) is 12.3 Å². The molecule has 2 atom stereocenters. The molecule has 0 saturated heterocycles. The maximum Gasteiger partial charge on any atom is 0.253 e. The normalized spacial score (nSPS) is 21.6. The Morgan fingerprint density at radius 1 is 1.22 bits per heavy atom. The third kappa shape index (κ3) is 3.79. The van der Waals surface area contributed by atoms with Crippen molar-refractivity contribution in [3.8, 4) is 5.82 Å². The maximum absolute atomic E-state index is 12.4. The van der Waals surface area contributed by atoms with Crippen LogP contribution in [0.25, 0.3) is 5.82 Å². The maximum atomic E-state index is 12.4. The fourth-order valence-corrected chi connectivity index (χ4v) is 3.21. The lowest BCUT2D eigenvalue weighted by Crippen LogP contribution is -2.41. The number of aliphatic hydroxyl groups is 1. The van der Waals surface area contributed by atoms with Crippen molar-refractivity contribution in [3.05, 3.63) is 48.4 Å². The highest BCUT2D eigenvalue weighted by Crippen LogP contribution is 2.23. The number of rotatable bonds is 4. The van der Waals surface area contributed by atoms with E-state index in [0.717, 1.165) is 31.5 Å². The smallest absolute Gasteiger partial charge is 0.253 e. The molecular weight excluding hydrogens is 290 g/mol. The summed E-state index contributed by atoms with van der Waals surface area (Å²) < 4.78 is 1.90. The van der Waals surface area contributed by atoms with E-state index in [9.17, 15) is 9.90 Å². The first-order valence-electron chi connectivity index (χ1n) is 8.29. The summed E-state index contributed by atoms with van der Waals surface area (Å²) >= 11 is 0. The standard InChI is InChI=1S/C18H23N3O2/c22-13-15-6-2-1-3-7-16(15)20-18(23)14-8-9-17(19-12-14)21-10-4-5-11-21/h4-5,8-12,15-16,22H,1-3,6-7,13H2,(H,20,23). The summed E-state index contributed by atoms with van der Waals surface area (Å²) in [5.74, 6) is 0.838. The van der Waals surface area contributed by atoms with Gasteiger partial charge in [-0.3, -0.25) is 4.79 Å². The molecule has 2 heterocycles. The number of carbonyl (C=O) groups excluding carboxylic acids is 1. The van der Waals surface area contributed by atoms with E-state index in [-0.39, 0.29) is 24.5 Å². The molecule has 3 rings (SSSR count). The predicted molar refractivity (Wildman–Crippen MR) is 88.5 cm³/mol. The molecular formula is C18H23N3O2. The van der Waals surface area contributed by atoms with Crippen molar-refractivity contribution >= 4 is 5.91 Å². The molecule has 0 radical (unpaired) electrons. The molecule has 1 aliphatic rings. The zero-order chi connectivity index (χ0) is 16.1. The van der Waals surface area contributed by atoms with Gasteiger partial charge in [-0.05, 0) is 37.1 Å². The highest BCUT2D eigenvalue weighted by atomic mass is 16.3. The number of pyridine rings is 1. The van der Waals surface area contributed by atoms with Crippen molar-refractivity contribution in [1.29, 1.82) is 0 Å². The molecule has 1 saturated carbocycles. The summed E-state index contributed by atoms with van der Waals surface area (Å²) in [7, 11) is 0. The van der Waals surface area contributed by atoms with Crippen LogP contribution in [0, 0.1) is 5.92 Å². The van der Waals surface area contributed by atoms with E-state index in [2.05, 4.69) is 10.3 Å². The second-order valence-electron chi connectivity index (χ2n) is 6.16. The van der Waals surface area contributed by atoms with Crippen LogP contribution in [0.5, 0.6) is 0 Å². The van der Waals surface area contributed by atoms with Crippen molar-refractivity contribution < 1.29 is 9.90 Å². The SMILES string of the molecule is O=C(NC1CCCCCC1CO)c1ccc(-n2cccc2)nc1. The van der Waals surface area contributed by atoms with Crippen LogP contribution in [0.3, 0.4) is 0 Å². The monoisotopic (exact) mass is 313 g/mol. The third-order valence-electron chi connectivity index (χ3n) is 4.59. The van der Waals surface area contributed by atoms with Crippen LogP contribution in [0.15, 0.2) is 42.9 Å². The first-order chi connectivity index (χ1) is 11.3. The molecule has 1 aliphatic carbocycles. The van der Waals surface area contributed by atoms with Gasteiger partial charge in [0, 0.05) is 37.2 Å². The van der Waals surface area contributed by atoms with Crippen molar-refractivity contribution in [1.82, 2.24) is 14.9 Å². The summed E-state index contributed by atoms with van der Waals surface area (Å²) in [6.45, 7) is 0.135. The molecule has 23 heavy (non-hydrogen) atoms. The van der Waals surface area contributed by atoms with Crippen LogP contribution in [-0.4, -0.2) is 33.2 Å². The molecule has 2 aromatic heterocycles. The van der Waals surface area contributed by atoms with E-state index in [0.29, 0.717) is 5.56 Å². The fourth-order valence-electron chi connectivity index (χ4n) is 3.21. The van der Waals surface area contributed by atoms with Gasteiger partial charge in [0.1, 0.15) is 5.82 Å². The Kier molecular flexibility index (Phi) is 5.08. The number of carbonyl (C=O) groups is 1. The van der Waals surface area contributed by atoms with Gasteiger partial charge in [0.15, 0.2) is 0 Å². The first-order valence-corrected chi connectivity index (χ1v) is 8.29. The van der Waals surface area contributed by atoms with Crippen LogP contribution >= 0.6 is 0 Å². The lowest BCUT2D eigenvalue weighted by atomic mass is 9.95. The molecule has 2 aromatic rings. The van der Waals surface area contributed by atoms with Crippen LogP contribution in [0.1, 0.15) is 42.5 Å². The predicted octanol–water partition coefficient (Wildman–Crippen LogP) is 2.54. The fraction of sp³-hybridized carbons (Fsp3) is 0.444. The number of aliphatic hydroxyl groups excluding tert-OH is 1. The lowest BCUT2D eigenvalue weighted by Gasteiger charge is -2.24. The average molecular weight is 313 g/mol. The van der Waals surface area contributed by atoms with Gasteiger partial charge < -0.3 is 15.0 Å². The number of hydrogen-bond donors (Lipinski definition) is 2. The Morgan fingerprint density at radius 3 is 2.70 bits per heavy atom.